The molecule has 4 heteroatoms. The summed E-state index contributed by atoms with van der Waals surface area (Å²) in [5.74, 6) is 2.38. The molecule has 1 aliphatic heterocycles. The van der Waals surface area contributed by atoms with Crippen LogP contribution in [0.15, 0.2) is 24.4 Å². The summed E-state index contributed by atoms with van der Waals surface area (Å²) < 4.78 is 2.10. The third-order valence-electron chi connectivity index (χ3n) is 4.14. The number of nitrogens with zero attached hydrogens (tertiary/aromatic N) is 3. The summed E-state index contributed by atoms with van der Waals surface area (Å²) in [6, 6.07) is 6.62. The predicted octanol–water partition coefficient (Wildman–Crippen LogP) is 3.70. The Morgan fingerprint density at radius 2 is 2.21 bits per heavy atom. The summed E-state index contributed by atoms with van der Waals surface area (Å²) in [5, 5.41) is 0. The smallest absolute Gasteiger partial charge is 0.152 e. The highest BCUT2D eigenvalue weighted by Gasteiger charge is 2.27. The Balaban J connectivity index is 2.04. The van der Waals surface area contributed by atoms with Crippen LogP contribution in [-0.4, -0.2) is 22.0 Å². The molecule has 0 N–H and O–H groups in total. The lowest BCUT2D eigenvalue weighted by Gasteiger charge is -2.37. The molecule has 1 aliphatic rings. The number of imidazole rings is 1. The summed E-state index contributed by atoms with van der Waals surface area (Å²) in [4.78, 5) is 7.21. The molecule has 3 heterocycles. The minimum atomic E-state index is 0.499. The van der Waals surface area contributed by atoms with Crippen molar-refractivity contribution in [2.75, 3.05) is 11.4 Å². The zero-order chi connectivity index (χ0) is 13.4. The van der Waals surface area contributed by atoms with Crippen molar-refractivity contribution < 1.29 is 0 Å². The number of alkyl halides is 1. The fraction of sp³-hybridized carbons (Fsp3) is 0.533. The summed E-state index contributed by atoms with van der Waals surface area (Å²) in [6.45, 7) is 5.70. The highest BCUT2D eigenvalue weighted by molar-refractivity contribution is 6.17. The van der Waals surface area contributed by atoms with Crippen molar-refractivity contribution in [3.8, 4) is 0 Å². The van der Waals surface area contributed by atoms with Crippen LogP contribution >= 0.6 is 11.6 Å². The topological polar surface area (TPSA) is 20.5 Å². The van der Waals surface area contributed by atoms with E-state index in [-0.39, 0.29) is 0 Å². The number of aromatic nitrogens is 2. The van der Waals surface area contributed by atoms with E-state index in [9.17, 15) is 0 Å². The molecule has 1 saturated heterocycles. The van der Waals surface area contributed by atoms with Crippen molar-refractivity contribution in [1.82, 2.24) is 9.38 Å². The minimum absolute atomic E-state index is 0.499. The molecule has 0 spiro atoms. The second kappa shape index (κ2) is 5.04. The van der Waals surface area contributed by atoms with Crippen LogP contribution in [0.3, 0.4) is 0 Å². The van der Waals surface area contributed by atoms with Crippen molar-refractivity contribution in [3.63, 3.8) is 0 Å². The maximum atomic E-state index is 6.16. The zero-order valence-electron chi connectivity index (χ0n) is 11.5. The Bertz CT molecular complexity index is 578. The molecule has 0 aliphatic carbocycles. The Labute approximate surface area is 119 Å². The van der Waals surface area contributed by atoms with Crippen LogP contribution in [0.4, 0.5) is 5.82 Å². The number of fused-ring (bicyclic) bond motifs is 1. The van der Waals surface area contributed by atoms with Crippen LogP contribution in [0.2, 0.25) is 0 Å². The second-order valence-electron chi connectivity index (χ2n) is 5.62. The van der Waals surface area contributed by atoms with Crippen molar-refractivity contribution in [1.29, 1.82) is 0 Å². The molecule has 0 bridgehead atoms. The Morgan fingerprint density at radius 1 is 1.37 bits per heavy atom. The molecule has 0 saturated carbocycles. The third-order valence-corrected chi connectivity index (χ3v) is 4.40. The van der Waals surface area contributed by atoms with Gasteiger partial charge in [-0.1, -0.05) is 13.0 Å². The van der Waals surface area contributed by atoms with Gasteiger partial charge in [0.1, 0.15) is 5.65 Å². The maximum absolute atomic E-state index is 6.16. The number of anilines is 1. The molecule has 102 valence electrons. The van der Waals surface area contributed by atoms with Gasteiger partial charge >= 0.3 is 0 Å². The number of hydrogen-bond donors (Lipinski definition) is 0. The van der Waals surface area contributed by atoms with Crippen LogP contribution in [0.5, 0.6) is 0 Å². The summed E-state index contributed by atoms with van der Waals surface area (Å²) in [6.07, 6.45) is 4.51. The minimum Gasteiger partial charge on any atom is -0.352 e. The third kappa shape index (κ3) is 2.20. The standard InChI is InChI=1S/C15H20ClN3/c1-11-6-8-18(12(2)9-11)15-13(10-16)19-7-4-3-5-14(19)17-15/h3-5,7,11-12H,6,8-10H2,1-2H3. The van der Waals surface area contributed by atoms with Gasteiger partial charge in [0.25, 0.3) is 0 Å². The lowest BCUT2D eigenvalue weighted by molar-refractivity contribution is 0.376. The zero-order valence-corrected chi connectivity index (χ0v) is 12.3. The normalized spacial score (nSPS) is 24.1. The van der Waals surface area contributed by atoms with Crippen LogP contribution in [0.1, 0.15) is 32.4 Å². The number of pyridine rings is 1. The van der Waals surface area contributed by atoms with Crippen molar-refractivity contribution >= 4 is 23.1 Å². The van der Waals surface area contributed by atoms with Crippen molar-refractivity contribution in [3.05, 3.63) is 30.1 Å². The van der Waals surface area contributed by atoms with Gasteiger partial charge < -0.3 is 9.30 Å². The predicted molar refractivity (Wildman–Crippen MR) is 80.0 cm³/mol. The molecular weight excluding hydrogens is 258 g/mol. The largest absolute Gasteiger partial charge is 0.352 e. The van der Waals surface area contributed by atoms with Gasteiger partial charge in [0.2, 0.25) is 0 Å². The SMILES string of the molecule is CC1CCN(c2nc3ccccn3c2CCl)C(C)C1. The van der Waals surface area contributed by atoms with Gasteiger partial charge in [-0.05, 0) is 37.8 Å². The molecule has 19 heavy (non-hydrogen) atoms. The molecule has 3 nitrogen and oxygen atoms in total. The Hall–Kier alpha value is -1.22. The molecule has 0 aromatic carbocycles. The molecule has 2 atom stereocenters. The average Bonchev–Trinajstić information content (AvgIpc) is 2.76. The van der Waals surface area contributed by atoms with E-state index in [0.29, 0.717) is 11.9 Å². The van der Waals surface area contributed by atoms with E-state index in [1.807, 2.05) is 24.4 Å². The van der Waals surface area contributed by atoms with Gasteiger partial charge in [-0.15, -0.1) is 11.6 Å². The van der Waals surface area contributed by atoms with Crippen molar-refractivity contribution in [2.24, 2.45) is 5.92 Å². The van der Waals surface area contributed by atoms with Crippen LogP contribution < -0.4 is 4.90 Å². The van der Waals surface area contributed by atoms with Gasteiger partial charge in [-0.25, -0.2) is 4.98 Å². The molecular formula is C15H20ClN3. The molecule has 2 unspecified atom stereocenters. The fourth-order valence-corrected chi connectivity index (χ4v) is 3.36. The Morgan fingerprint density at radius 3 is 2.95 bits per heavy atom. The monoisotopic (exact) mass is 277 g/mol. The number of piperidine rings is 1. The van der Waals surface area contributed by atoms with Crippen molar-refractivity contribution in [2.45, 2.75) is 38.6 Å². The quantitative estimate of drug-likeness (QED) is 0.780. The number of hydrogen-bond acceptors (Lipinski definition) is 2. The van der Waals surface area contributed by atoms with Crippen LogP contribution in [0.25, 0.3) is 5.65 Å². The second-order valence-corrected chi connectivity index (χ2v) is 5.88. The number of halogens is 1. The molecule has 0 radical (unpaired) electrons. The van der Waals surface area contributed by atoms with E-state index in [0.717, 1.165) is 29.6 Å². The summed E-state index contributed by atoms with van der Waals surface area (Å²) in [5.41, 5.74) is 2.10. The lowest BCUT2D eigenvalue weighted by Crippen LogP contribution is -2.40. The molecule has 2 aromatic heterocycles. The lowest BCUT2D eigenvalue weighted by atomic mass is 9.93. The molecule has 3 rings (SSSR count). The van der Waals surface area contributed by atoms with Gasteiger partial charge in [0, 0.05) is 18.8 Å². The maximum Gasteiger partial charge on any atom is 0.152 e. The molecule has 0 amide bonds. The summed E-state index contributed by atoms with van der Waals surface area (Å²) in [7, 11) is 0. The van der Waals surface area contributed by atoms with Crippen LogP contribution in [-0.2, 0) is 5.88 Å². The van der Waals surface area contributed by atoms with E-state index in [1.165, 1.54) is 12.8 Å². The van der Waals surface area contributed by atoms with Crippen LogP contribution in [0, 0.1) is 5.92 Å². The highest BCUT2D eigenvalue weighted by atomic mass is 35.5. The van der Waals surface area contributed by atoms with Gasteiger partial charge in [0.05, 0.1) is 11.6 Å². The van der Waals surface area contributed by atoms with E-state index in [4.69, 9.17) is 16.6 Å². The molecule has 2 aromatic rings. The van der Waals surface area contributed by atoms with E-state index < -0.39 is 0 Å². The highest BCUT2D eigenvalue weighted by Crippen LogP contribution is 2.31. The van der Waals surface area contributed by atoms with Gasteiger partial charge in [-0.2, -0.15) is 0 Å². The summed E-state index contributed by atoms with van der Waals surface area (Å²) >= 11 is 6.16. The van der Waals surface area contributed by atoms with E-state index in [2.05, 4.69) is 23.1 Å². The van der Waals surface area contributed by atoms with E-state index in [1.54, 1.807) is 0 Å². The first-order chi connectivity index (χ1) is 9.20. The first-order valence-corrected chi connectivity index (χ1v) is 7.52. The van der Waals surface area contributed by atoms with Gasteiger partial charge in [-0.3, -0.25) is 0 Å². The first-order valence-electron chi connectivity index (χ1n) is 6.99. The Kier molecular flexibility index (Phi) is 3.40. The van der Waals surface area contributed by atoms with E-state index >= 15 is 0 Å². The van der Waals surface area contributed by atoms with Gasteiger partial charge in [0.15, 0.2) is 5.82 Å². The number of rotatable bonds is 2. The fourth-order valence-electron chi connectivity index (χ4n) is 3.11. The first kappa shape index (κ1) is 12.8. The average molecular weight is 278 g/mol. The molecule has 1 fully saturated rings.